The molecule has 0 spiro atoms. The van der Waals surface area contributed by atoms with E-state index < -0.39 is 0 Å². The van der Waals surface area contributed by atoms with Gasteiger partial charge >= 0.3 is 0 Å². The van der Waals surface area contributed by atoms with Gasteiger partial charge in [0, 0.05) is 49.3 Å². The summed E-state index contributed by atoms with van der Waals surface area (Å²) in [6, 6.07) is 15.3. The van der Waals surface area contributed by atoms with Crippen LogP contribution in [0.5, 0.6) is 0 Å². The summed E-state index contributed by atoms with van der Waals surface area (Å²) in [5.41, 5.74) is 2.60. The zero-order valence-electron chi connectivity index (χ0n) is 17.2. The SMILES string of the molecule is Cc1cccc(N2CCN(CCC(C)NC(=O)CSc3ccccc3F)CC2)c1. The first-order chi connectivity index (χ1) is 14.0. The van der Waals surface area contributed by atoms with Crippen molar-refractivity contribution in [2.45, 2.75) is 31.2 Å². The lowest BCUT2D eigenvalue weighted by Crippen LogP contribution is -2.47. The monoisotopic (exact) mass is 415 g/mol. The summed E-state index contributed by atoms with van der Waals surface area (Å²) in [6.07, 6.45) is 0.917. The highest BCUT2D eigenvalue weighted by Gasteiger charge is 2.18. The van der Waals surface area contributed by atoms with Crippen molar-refractivity contribution < 1.29 is 9.18 Å². The molecule has 1 saturated heterocycles. The van der Waals surface area contributed by atoms with Crippen molar-refractivity contribution in [1.82, 2.24) is 10.2 Å². The molecule has 2 aromatic carbocycles. The van der Waals surface area contributed by atoms with E-state index in [1.165, 1.54) is 29.1 Å². The first-order valence-electron chi connectivity index (χ1n) is 10.2. The summed E-state index contributed by atoms with van der Waals surface area (Å²) in [4.78, 5) is 17.6. The number of benzene rings is 2. The first-order valence-corrected chi connectivity index (χ1v) is 11.2. The molecule has 0 aliphatic carbocycles. The molecule has 6 heteroatoms. The summed E-state index contributed by atoms with van der Waals surface area (Å²) < 4.78 is 13.6. The van der Waals surface area contributed by atoms with Crippen LogP contribution in [0.2, 0.25) is 0 Å². The van der Waals surface area contributed by atoms with Crippen LogP contribution in [0.25, 0.3) is 0 Å². The lowest BCUT2D eigenvalue weighted by molar-refractivity contribution is -0.119. The summed E-state index contributed by atoms with van der Waals surface area (Å²) in [5.74, 6) is -0.0846. The number of anilines is 1. The van der Waals surface area contributed by atoms with Crippen LogP contribution in [0.3, 0.4) is 0 Å². The van der Waals surface area contributed by atoms with Gasteiger partial charge in [0.15, 0.2) is 0 Å². The van der Waals surface area contributed by atoms with Gasteiger partial charge in [-0.15, -0.1) is 11.8 Å². The number of hydrogen-bond acceptors (Lipinski definition) is 4. The molecular formula is C23H30FN3OS. The third-order valence-electron chi connectivity index (χ3n) is 5.22. The second kappa shape index (κ2) is 10.6. The van der Waals surface area contributed by atoms with E-state index in [0.29, 0.717) is 4.90 Å². The summed E-state index contributed by atoms with van der Waals surface area (Å²) in [5, 5.41) is 3.03. The minimum absolute atomic E-state index is 0.0463. The molecule has 29 heavy (non-hydrogen) atoms. The summed E-state index contributed by atoms with van der Waals surface area (Å²) in [6.45, 7) is 9.28. The van der Waals surface area contributed by atoms with E-state index in [1.807, 2.05) is 6.92 Å². The van der Waals surface area contributed by atoms with Crippen LogP contribution in [-0.4, -0.2) is 55.3 Å². The quantitative estimate of drug-likeness (QED) is 0.663. The molecule has 1 fully saturated rings. The number of nitrogens with zero attached hydrogens (tertiary/aromatic N) is 2. The molecule has 1 N–H and O–H groups in total. The lowest BCUT2D eigenvalue weighted by atomic mass is 10.1. The topological polar surface area (TPSA) is 35.6 Å². The Hall–Kier alpha value is -2.05. The predicted molar refractivity (Wildman–Crippen MR) is 119 cm³/mol. The Bertz CT molecular complexity index is 808. The normalized spacial score (nSPS) is 15.9. The first kappa shape index (κ1) is 21.7. The van der Waals surface area contributed by atoms with Gasteiger partial charge < -0.3 is 10.2 Å². The van der Waals surface area contributed by atoms with E-state index in [2.05, 4.69) is 46.3 Å². The fraction of sp³-hybridized carbons (Fsp3) is 0.435. The van der Waals surface area contributed by atoms with Gasteiger partial charge in [-0.25, -0.2) is 4.39 Å². The number of nitrogens with one attached hydrogen (secondary N) is 1. The van der Waals surface area contributed by atoms with Gasteiger partial charge in [0.05, 0.1) is 5.75 Å². The van der Waals surface area contributed by atoms with E-state index in [9.17, 15) is 9.18 Å². The van der Waals surface area contributed by atoms with Crippen LogP contribution in [0, 0.1) is 12.7 Å². The smallest absolute Gasteiger partial charge is 0.230 e. The molecule has 0 radical (unpaired) electrons. The number of piperazine rings is 1. The maximum Gasteiger partial charge on any atom is 0.230 e. The zero-order valence-corrected chi connectivity index (χ0v) is 18.1. The molecule has 0 bridgehead atoms. The van der Waals surface area contributed by atoms with Crippen molar-refractivity contribution >= 4 is 23.4 Å². The number of hydrogen-bond donors (Lipinski definition) is 1. The van der Waals surface area contributed by atoms with Crippen LogP contribution in [0.1, 0.15) is 18.9 Å². The molecule has 4 nitrogen and oxygen atoms in total. The number of carbonyl (C=O) groups is 1. The van der Waals surface area contributed by atoms with Gasteiger partial charge in [0.2, 0.25) is 5.91 Å². The van der Waals surface area contributed by atoms with E-state index in [-0.39, 0.29) is 23.5 Å². The summed E-state index contributed by atoms with van der Waals surface area (Å²) >= 11 is 1.24. The average molecular weight is 416 g/mol. The Morgan fingerprint density at radius 3 is 2.62 bits per heavy atom. The molecule has 156 valence electrons. The third kappa shape index (κ3) is 6.75. The number of aryl methyl sites for hydroxylation is 1. The van der Waals surface area contributed by atoms with E-state index >= 15 is 0 Å². The molecule has 1 aliphatic rings. The average Bonchev–Trinajstić information content (AvgIpc) is 2.72. The van der Waals surface area contributed by atoms with Gasteiger partial charge in [0.25, 0.3) is 0 Å². The Labute approximate surface area is 177 Å². The lowest BCUT2D eigenvalue weighted by Gasteiger charge is -2.36. The van der Waals surface area contributed by atoms with Crippen LogP contribution in [0.15, 0.2) is 53.4 Å². The number of thioether (sulfide) groups is 1. The zero-order chi connectivity index (χ0) is 20.6. The van der Waals surface area contributed by atoms with Crippen molar-refractivity contribution in [2.75, 3.05) is 43.4 Å². The fourth-order valence-electron chi connectivity index (χ4n) is 3.52. The van der Waals surface area contributed by atoms with E-state index in [1.54, 1.807) is 18.2 Å². The van der Waals surface area contributed by atoms with Crippen LogP contribution >= 0.6 is 11.8 Å². The highest BCUT2D eigenvalue weighted by Crippen LogP contribution is 2.21. The highest BCUT2D eigenvalue weighted by atomic mass is 32.2. The van der Waals surface area contributed by atoms with Crippen LogP contribution < -0.4 is 10.2 Å². The standard InChI is InChI=1S/C23H30FN3OS/c1-18-6-5-7-20(16-18)27-14-12-26(13-15-27)11-10-19(2)25-23(28)17-29-22-9-4-3-8-21(22)24/h3-9,16,19H,10-15,17H2,1-2H3,(H,25,28). The number of rotatable bonds is 8. The second-order valence-electron chi connectivity index (χ2n) is 7.64. The molecule has 3 rings (SSSR count). The van der Waals surface area contributed by atoms with Crippen molar-refractivity contribution in [1.29, 1.82) is 0 Å². The van der Waals surface area contributed by atoms with Gasteiger partial charge in [-0.05, 0) is 50.1 Å². The molecule has 2 aromatic rings. The van der Waals surface area contributed by atoms with Gasteiger partial charge in [0.1, 0.15) is 5.82 Å². The van der Waals surface area contributed by atoms with Gasteiger partial charge in [-0.2, -0.15) is 0 Å². The van der Waals surface area contributed by atoms with Gasteiger partial charge in [-0.3, -0.25) is 9.69 Å². The molecule has 1 unspecified atom stereocenters. The Morgan fingerprint density at radius 1 is 1.14 bits per heavy atom. The molecule has 0 aromatic heterocycles. The third-order valence-corrected chi connectivity index (χ3v) is 6.27. The van der Waals surface area contributed by atoms with Gasteiger partial charge in [-0.1, -0.05) is 24.3 Å². The predicted octanol–water partition coefficient (Wildman–Crippen LogP) is 3.94. The number of halogens is 1. The number of amides is 1. The molecule has 1 aliphatic heterocycles. The molecule has 1 atom stereocenters. The van der Waals surface area contributed by atoms with Crippen molar-refractivity contribution in [3.8, 4) is 0 Å². The minimum atomic E-state index is -0.275. The number of carbonyl (C=O) groups excluding carboxylic acids is 1. The largest absolute Gasteiger partial charge is 0.369 e. The van der Waals surface area contributed by atoms with Crippen molar-refractivity contribution in [3.05, 3.63) is 59.9 Å². The van der Waals surface area contributed by atoms with Crippen LogP contribution in [0.4, 0.5) is 10.1 Å². The fourth-order valence-corrected chi connectivity index (χ4v) is 4.27. The maximum atomic E-state index is 13.6. The second-order valence-corrected chi connectivity index (χ2v) is 8.66. The minimum Gasteiger partial charge on any atom is -0.369 e. The maximum absolute atomic E-state index is 13.6. The molecule has 1 amide bonds. The highest BCUT2D eigenvalue weighted by molar-refractivity contribution is 8.00. The van der Waals surface area contributed by atoms with Crippen LogP contribution in [-0.2, 0) is 4.79 Å². The Morgan fingerprint density at radius 2 is 1.90 bits per heavy atom. The van der Waals surface area contributed by atoms with E-state index in [4.69, 9.17) is 0 Å². The molecule has 0 saturated carbocycles. The molecule has 1 heterocycles. The molecular weight excluding hydrogens is 385 g/mol. The van der Waals surface area contributed by atoms with Crippen molar-refractivity contribution in [3.63, 3.8) is 0 Å². The Kier molecular flexibility index (Phi) is 7.95. The summed E-state index contributed by atoms with van der Waals surface area (Å²) in [7, 11) is 0. The van der Waals surface area contributed by atoms with Crippen molar-refractivity contribution in [2.24, 2.45) is 0 Å². The van der Waals surface area contributed by atoms with E-state index in [0.717, 1.165) is 39.1 Å². The Balaban J connectivity index is 1.34.